The van der Waals surface area contributed by atoms with Crippen LogP contribution in [0.3, 0.4) is 0 Å². The zero-order valence-corrected chi connectivity index (χ0v) is 11.3. The first-order valence-corrected chi connectivity index (χ1v) is 6.45. The number of nitrogens with zero attached hydrogens (tertiary/aromatic N) is 1. The van der Waals surface area contributed by atoms with E-state index < -0.39 is 16.4 Å². The van der Waals surface area contributed by atoms with Crippen molar-refractivity contribution >= 4 is 5.69 Å². The highest BCUT2D eigenvalue weighted by Crippen LogP contribution is 2.22. The standard InChI is InChI=1S/C15H15FN2O3/c16-15-12(2-1-3-14(15)18(19)20)10-21-13-6-4-11(5-7-13)8-9-17/h1-7H,8-10,17H2. The molecular weight excluding hydrogens is 275 g/mol. The monoisotopic (exact) mass is 290 g/mol. The maximum Gasteiger partial charge on any atom is 0.305 e. The second-order valence-corrected chi connectivity index (χ2v) is 4.48. The molecule has 0 amide bonds. The maximum absolute atomic E-state index is 13.9. The molecule has 2 N–H and O–H groups in total. The van der Waals surface area contributed by atoms with Crippen LogP contribution in [0.2, 0.25) is 0 Å². The van der Waals surface area contributed by atoms with Crippen molar-refractivity contribution in [2.24, 2.45) is 5.73 Å². The molecule has 2 rings (SSSR count). The number of ether oxygens (including phenoxy) is 1. The predicted octanol–water partition coefficient (Wildman–Crippen LogP) is 2.81. The van der Waals surface area contributed by atoms with Crippen LogP contribution < -0.4 is 10.5 Å². The Morgan fingerprint density at radius 3 is 2.52 bits per heavy atom. The molecule has 0 bridgehead atoms. The lowest BCUT2D eigenvalue weighted by Gasteiger charge is -2.08. The first-order chi connectivity index (χ1) is 10.1. The summed E-state index contributed by atoms with van der Waals surface area (Å²) in [5, 5.41) is 10.7. The molecule has 0 unspecified atom stereocenters. The minimum absolute atomic E-state index is 0.0657. The van der Waals surface area contributed by atoms with E-state index in [1.807, 2.05) is 12.1 Å². The molecule has 0 saturated heterocycles. The quantitative estimate of drug-likeness (QED) is 0.655. The molecule has 0 fully saturated rings. The molecule has 0 aliphatic carbocycles. The van der Waals surface area contributed by atoms with Gasteiger partial charge in [-0.3, -0.25) is 10.1 Å². The third-order valence-electron chi connectivity index (χ3n) is 3.01. The zero-order chi connectivity index (χ0) is 15.2. The van der Waals surface area contributed by atoms with Crippen molar-refractivity contribution in [3.05, 3.63) is 69.5 Å². The Hall–Kier alpha value is -2.47. The SMILES string of the molecule is NCCc1ccc(OCc2cccc([N+](=O)[O-])c2F)cc1. The van der Waals surface area contributed by atoms with Gasteiger partial charge in [0.1, 0.15) is 12.4 Å². The average Bonchev–Trinajstić information content (AvgIpc) is 2.48. The van der Waals surface area contributed by atoms with Gasteiger partial charge in [-0.15, -0.1) is 0 Å². The minimum Gasteiger partial charge on any atom is -0.489 e. The lowest BCUT2D eigenvalue weighted by Crippen LogP contribution is -2.03. The summed E-state index contributed by atoms with van der Waals surface area (Å²) < 4.78 is 19.3. The lowest BCUT2D eigenvalue weighted by atomic mass is 10.1. The van der Waals surface area contributed by atoms with E-state index >= 15 is 0 Å². The van der Waals surface area contributed by atoms with Crippen LogP contribution in [0.15, 0.2) is 42.5 Å². The number of nitro groups is 1. The predicted molar refractivity (Wildman–Crippen MR) is 76.6 cm³/mol. The first-order valence-electron chi connectivity index (χ1n) is 6.45. The third-order valence-corrected chi connectivity index (χ3v) is 3.01. The molecule has 0 saturated carbocycles. The molecule has 5 nitrogen and oxygen atoms in total. The van der Waals surface area contributed by atoms with Gasteiger partial charge >= 0.3 is 5.69 Å². The molecule has 0 radical (unpaired) electrons. The van der Waals surface area contributed by atoms with Crippen LogP contribution in [0.4, 0.5) is 10.1 Å². The summed E-state index contributed by atoms with van der Waals surface area (Å²) in [6.07, 6.45) is 0.778. The van der Waals surface area contributed by atoms with Gasteiger partial charge in [-0.05, 0) is 30.7 Å². The molecule has 2 aromatic carbocycles. The summed E-state index contributed by atoms with van der Waals surface area (Å²) in [6.45, 7) is 0.503. The summed E-state index contributed by atoms with van der Waals surface area (Å²) in [5.41, 5.74) is 6.15. The van der Waals surface area contributed by atoms with Gasteiger partial charge in [0.2, 0.25) is 5.82 Å². The van der Waals surface area contributed by atoms with E-state index in [1.54, 1.807) is 12.1 Å². The van der Waals surface area contributed by atoms with Crippen molar-refractivity contribution in [2.75, 3.05) is 6.54 Å². The molecule has 0 heterocycles. The molecule has 0 aliphatic rings. The van der Waals surface area contributed by atoms with Crippen LogP contribution in [0.1, 0.15) is 11.1 Å². The second-order valence-electron chi connectivity index (χ2n) is 4.48. The minimum atomic E-state index is -0.859. The van der Waals surface area contributed by atoms with Crippen LogP contribution in [-0.4, -0.2) is 11.5 Å². The molecule has 2 aromatic rings. The van der Waals surface area contributed by atoms with Crippen molar-refractivity contribution in [1.82, 2.24) is 0 Å². The average molecular weight is 290 g/mol. The Bertz CT molecular complexity index is 629. The summed E-state index contributed by atoms with van der Waals surface area (Å²) in [6, 6.07) is 11.3. The zero-order valence-electron chi connectivity index (χ0n) is 11.3. The van der Waals surface area contributed by atoms with Crippen molar-refractivity contribution in [1.29, 1.82) is 0 Å². The fourth-order valence-electron chi connectivity index (χ4n) is 1.90. The Kier molecular flexibility index (Phi) is 4.84. The number of hydrogen-bond donors (Lipinski definition) is 1. The molecule has 110 valence electrons. The third kappa shape index (κ3) is 3.76. The van der Waals surface area contributed by atoms with Gasteiger partial charge < -0.3 is 10.5 Å². The number of halogens is 1. The molecule has 0 spiro atoms. The van der Waals surface area contributed by atoms with Gasteiger partial charge in [-0.25, -0.2) is 0 Å². The van der Waals surface area contributed by atoms with Crippen LogP contribution in [0.5, 0.6) is 5.75 Å². The summed E-state index contributed by atoms with van der Waals surface area (Å²) in [7, 11) is 0. The maximum atomic E-state index is 13.9. The van der Waals surface area contributed by atoms with E-state index in [-0.39, 0.29) is 12.2 Å². The molecule has 0 atom stereocenters. The second kappa shape index (κ2) is 6.81. The Morgan fingerprint density at radius 1 is 1.19 bits per heavy atom. The highest BCUT2D eigenvalue weighted by molar-refractivity contribution is 5.37. The summed E-state index contributed by atoms with van der Waals surface area (Å²) in [5.74, 6) is -0.288. The molecule has 0 aliphatic heterocycles. The number of rotatable bonds is 6. The highest BCUT2D eigenvalue weighted by atomic mass is 19.1. The van der Waals surface area contributed by atoms with Gasteiger partial charge in [0, 0.05) is 11.6 Å². The van der Waals surface area contributed by atoms with Gasteiger partial charge in [-0.1, -0.05) is 24.3 Å². The van der Waals surface area contributed by atoms with Gasteiger partial charge in [0.05, 0.1) is 4.92 Å². The Labute approximate surface area is 121 Å². The van der Waals surface area contributed by atoms with E-state index in [0.29, 0.717) is 12.3 Å². The van der Waals surface area contributed by atoms with Crippen LogP contribution in [-0.2, 0) is 13.0 Å². The fourth-order valence-corrected chi connectivity index (χ4v) is 1.90. The smallest absolute Gasteiger partial charge is 0.305 e. The van der Waals surface area contributed by atoms with Crippen LogP contribution >= 0.6 is 0 Å². The van der Waals surface area contributed by atoms with Gasteiger partial charge in [0.25, 0.3) is 0 Å². The van der Waals surface area contributed by atoms with Crippen molar-refractivity contribution in [3.8, 4) is 5.75 Å². The van der Waals surface area contributed by atoms with Crippen LogP contribution in [0.25, 0.3) is 0 Å². The first kappa shape index (κ1) is 14.9. The topological polar surface area (TPSA) is 78.4 Å². The Morgan fingerprint density at radius 2 is 1.90 bits per heavy atom. The highest BCUT2D eigenvalue weighted by Gasteiger charge is 2.17. The molecule has 0 aromatic heterocycles. The number of hydrogen-bond acceptors (Lipinski definition) is 4. The van der Waals surface area contributed by atoms with E-state index in [0.717, 1.165) is 18.1 Å². The van der Waals surface area contributed by atoms with Crippen molar-refractivity contribution in [2.45, 2.75) is 13.0 Å². The molecule has 21 heavy (non-hydrogen) atoms. The number of benzene rings is 2. The van der Waals surface area contributed by atoms with Crippen molar-refractivity contribution in [3.63, 3.8) is 0 Å². The van der Waals surface area contributed by atoms with Crippen LogP contribution in [0, 0.1) is 15.9 Å². The Balaban J connectivity index is 2.06. The van der Waals surface area contributed by atoms with E-state index in [2.05, 4.69) is 0 Å². The van der Waals surface area contributed by atoms with E-state index in [1.165, 1.54) is 12.1 Å². The molecular formula is C15H15FN2O3. The largest absolute Gasteiger partial charge is 0.489 e. The van der Waals surface area contributed by atoms with Gasteiger partial charge in [0.15, 0.2) is 0 Å². The number of nitrogens with two attached hydrogens (primary N) is 1. The summed E-state index contributed by atoms with van der Waals surface area (Å²) in [4.78, 5) is 9.91. The lowest BCUT2D eigenvalue weighted by molar-refractivity contribution is -0.387. The van der Waals surface area contributed by atoms with Gasteiger partial charge in [-0.2, -0.15) is 4.39 Å². The van der Waals surface area contributed by atoms with E-state index in [4.69, 9.17) is 10.5 Å². The summed E-state index contributed by atoms with van der Waals surface area (Å²) >= 11 is 0. The fraction of sp³-hybridized carbons (Fsp3) is 0.200. The van der Waals surface area contributed by atoms with Crippen molar-refractivity contribution < 1.29 is 14.1 Å². The van der Waals surface area contributed by atoms with E-state index in [9.17, 15) is 14.5 Å². The number of nitro benzene ring substituents is 1. The normalized spacial score (nSPS) is 10.4. The molecule has 6 heteroatoms.